The number of anilines is 3. The summed E-state index contributed by atoms with van der Waals surface area (Å²) < 4.78 is 6.42. The molecule has 0 bridgehead atoms. The second kappa shape index (κ2) is 12.5. The van der Waals surface area contributed by atoms with Crippen LogP contribution in [0.1, 0.15) is 0 Å². The number of rotatable bonds is 6. The number of hydrogen-bond acceptors (Lipinski definition) is 2. The van der Waals surface area contributed by atoms with Crippen LogP contribution in [0, 0.1) is 0 Å². The fourth-order valence-corrected chi connectivity index (χ4v) is 7.79. The number of nitrogens with zero attached hydrogens (tertiary/aromatic N) is 1. The molecule has 1 heterocycles. The van der Waals surface area contributed by atoms with Gasteiger partial charge in [-0.2, -0.15) is 0 Å². The van der Waals surface area contributed by atoms with Gasteiger partial charge in [-0.15, -0.1) is 0 Å². The number of para-hydroxylation sites is 2. The summed E-state index contributed by atoms with van der Waals surface area (Å²) in [6, 6.07) is 71.7. The summed E-state index contributed by atoms with van der Waals surface area (Å²) in [4.78, 5) is 2.37. The van der Waals surface area contributed by atoms with Crippen LogP contribution in [0.4, 0.5) is 17.1 Å². The Labute approximate surface area is 302 Å². The van der Waals surface area contributed by atoms with Gasteiger partial charge in [0, 0.05) is 33.4 Å². The SMILES string of the molecule is c1cc(-c2cccc3ccccc23)cc(N(c2ccc(-c3cccc4c3oc3ccccc34)cc2)c2cccc(-c3cccc4ccccc34)c2)c1. The van der Waals surface area contributed by atoms with Crippen LogP contribution in [0.25, 0.3) is 76.9 Å². The molecule has 0 saturated heterocycles. The van der Waals surface area contributed by atoms with Crippen LogP contribution in [0.15, 0.2) is 205 Å². The largest absolute Gasteiger partial charge is 0.455 e. The van der Waals surface area contributed by atoms with Gasteiger partial charge in [0.1, 0.15) is 11.2 Å². The first-order valence-electron chi connectivity index (χ1n) is 17.8. The van der Waals surface area contributed by atoms with Crippen LogP contribution < -0.4 is 4.90 Å². The molecule has 1 aromatic heterocycles. The van der Waals surface area contributed by atoms with E-state index in [2.05, 4.69) is 193 Å². The van der Waals surface area contributed by atoms with Gasteiger partial charge in [0.25, 0.3) is 0 Å². The van der Waals surface area contributed by atoms with Crippen molar-refractivity contribution >= 4 is 60.5 Å². The molecule has 0 aliphatic rings. The summed E-state index contributed by atoms with van der Waals surface area (Å²) in [6.07, 6.45) is 0. The van der Waals surface area contributed by atoms with E-state index in [9.17, 15) is 0 Å². The van der Waals surface area contributed by atoms with Crippen LogP contribution in [-0.2, 0) is 0 Å². The third-order valence-electron chi connectivity index (χ3n) is 10.3. The second-order valence-electron chi connectivity index (χ2n) is 13.3. The number of fused-ring (bicyclic) bond motifs is 5. The summed E-state index contributed by atoms with van der Waals surface area (Å²) in [7, 11) is 0. The highest BCUT2D eigenvalue weighted by molar-refractivity contribution is 6.09. The minimum absolute atomic E-state index is 0.907. The minimum Gasteiger partial charge on any atom is -0.455 e. The molecule has 0 spiro atoms. The van der Waals surface area contributed by atoms with E-state index in [-0.39, 0.29) is 0 Å². The van der Waals surface area contributed by atoms with Gasteiger partial charge in [0.15, 0.2) is 0 Å². The Morgan fingerprint density at radius 2 is 0.788 bits per heavy atom. The highest BCUT2D eigenvalue weighted by atomic mass is 16.3. The molecule has 10 rings (SSSR count). The lowest BCUT2D eigenvalue weighted by molar-refractivity contribution is 0.670. The molecule has 0 aliphatic heterocycles. The first-order chi connectivity index (χ1) is 25.8. The molecule has 2 nitrogen and oxygen atoms in total. The monoisotopic (exact) mass is 663 g/mol. The molecule has 9 aromatic carbocycles. The van der Waals surface area contributed by atoms with Gasteiger partial charge in [-0.3, -0.25) is 0 Å². The zero-order valence-corrected chi connectivity index (χ0v) is 28.4. The number of hydrogen-bond donors (Lipinski definition) is 0. The zero-order valence-electron chi connectivity index (χ0n) is 28.4. The standard InChI is InChI=1S/C50H33NO/c1-3-20-42-34(12-1)14-9-23-44(42)37-16-7-18-40(32-37)51(41-19-8-17-38(33-41)45-24-10-15-35-13-2-4-21-43(35)45)39-30-28-36(29-31-39)46-25-11-26-48-47-22-5-6-27-49(47)52-50(46)48/h1-33H. The predicted molar refractivity (Wildman–Crippen MR) is 220 cm³/mol. The smallest absolute Gasteiger partial charge is 0.143 e. The topological polar surface area (TPSA) is 16.4 Å². The molecule has 0 N–H and O–H groups in total. The lowest BCUT2D eigenvalue weighted by Gasteiger charge is -2.27. The van der Waals surface area contributed by atoms with Gasteiger partial charge in [-0.1, -0.05) is 158 Å². The summed E-state index contributed by atoms with van der Waals surface area (Å²) in [6.45, 7) is 0. The molecule has 0 radical (unpaired) electrons. The van der Waals surface area contributed by atoms with Gasteiger partial charge >= 0.3 is 0 Å². The van der Waals surface area contributed by atoms with Crippen molar-refractivity contribution in [1.29, 1.82) is 0 Å². The lowest BCUT2D eigenvalue weighted by Crippen LogP contribution is -2.10. The summed E-state index contributed by atoms with van der Waals surface area (Å²) >= 11 is 0. The molecule has 0 fully saturated rings. The zero-order chi connectivity index (χ0) is 34.4. The Hall–Kier alpha value is -6.90. The second-order valence-corrected chi connectivity index (χ2v) is 13.3. The molecule has 244 valence electrons. The van der Waals surface area contributed by atoms with E-state index in [4.69, 9.17) is 4.42 Å². The molecular weight excluding hydrogens is 631 g/mol. The van der Waals surface area contributed by atoms with Crippen molar-refractivity contribution in [2.24, 2.45) is 0 Å². The van der Waals surface area contributed by atoms with Crippen molar-refractivity contribution in [3.63, 3.8) is 0 Å². The fraction of sp³-hybridized carbons (Fsp3) is 0. The van der Waals surface area contributed by atoms with E-state index in [1.165, 1.54) is 43.8 Å². The maximum absolute atomic E-state index is 6.42. The van der Waals surface area contributed by atoms with Crippen LogP contribution in [0.2, 0.25) is 0 Å². The molecular formula is C50H33NO. The Kier molecular flexibility index (Phi) is 7.18. The van der Waals surface area contributed by atoms with E-state index in [1.807, 2.05) is 12.1 Å². The van der Waals surface area contributed by atoms with E-state index in [0.29, 0.717) is 0 Å². The van der Waals surface area contributed by atoms with Crippen LogP contribution in [0.5, 0.6) is 0 Å². The average Bonchev–Trinajstić information content (AvgIpc) is 3.60. The summed E-state index contributed by atoms with van der Waals surface area (Å²) in [5, 5.41) is 7.24. The average molecular weight is 664 g/mol. The first-order valence-corrected chi connectivity index (χ1v) is 17.8. The molecule has 2 heteroatoms. The highest BCUT2D eigenvalue weighted by Gasteiger charge is 2.17. The molecule has 10 aromatic rings. The van der Waals surface area contributed by atoms with Gasteiger partial charge in [-0.05, 0) is 91.8 Å². The van der Waals surface area contributed by atoms with Crippen molar-refractivity contribution in [3.8, 4) is 33.4 Å². The Bertz CT molecular complexity index is 2780. The van der Waals surface area contributed by atoms with Crippen molar-refractivity contribution in [2.75, 3.05) is 4.90 Å². The maximum atomic E-state index is 6.42. The van der Waals surface area contributed by atoms with E-state index in [0.717, 1.165) is 50.1 Å². The van der Waals surface area contributed by atoms with E-state index >= 15 is 0 Å². The third-order valence-corrected chi connectivity index (χ3v) is 10.3. The van der Waals surface area contributed by atoms with Crippen molar-refractivity contribution in [1.82, 2.24) is 0 Å². The summed E-state index contributed by atoms with van der Waals surface area (Å²) in [5.41, 5.74) is 12.1. The normalized spacial score (nSPS) is 11.5. The number of furan rings is 1. The fourth-order valence-electron chi connectivity index (χ4n) is 7.79. The van der Waals surface area contributed by atoms with Gasteiger partial charge < -0.3 is 9.32 Å². The van der Waals surface area contributed by atoms with Crippen molar-refractivity contribution < 1.29 is 4.42 Å². The maximum Gasteiger partial charge on any atom is 0.143 e. The predicted octanol–water partition coefficient (Wildman–Crippen LogP) is 14.4. The quantitative estimate of drug-likeness (QED) is 0.176. The van der Waals surface area contributed by atoms with Gasteiger partial charge in [-0.25, -0.2) is 0 Å². The molecule has 0 saturated carbocycles. The van der Waals surface area contributed by atoms with Crippen molar-refractivity contribution in [3.05, 3.63) is 200 Å². The summed E-state index contributed by atoms with van der Waals surface area (Å²) in [5.74, 6) is 0. The molecule has 0 atom stereocenters. The van der Waals surface area contributed by atoms with Crippen LogP contribution in [-0.4, -0.2) is 0 Å². The Morgan fingerprint density at radius 1 is 0.308 bits per heavy atom. The van der Waals surface area contributed by atoms with Crippen LogP contribution in [0.3, 0.4) is 0 Å². The Morgan fingerprint density at radius 3 is 1.42 bits per heavy atom. The van der Waals surface area contributed by atoms with Gasteiger partial charge in [0.05, 0.1) is 0 Å². The van der Waals surface area contributed by atoms with Crippen molar-refractivity contribution in [2.45, 2.75) is 0 Å². The minimum atomic E-state index is 0.907. The first kappa shape index (κ1) is 30.0. The third kappa shape index (κ3) is 5.12. The van der Waals surface area contributed by atoms with E-state index in [1.54, 1.807) is 0 Å². The molecule has 52 heavy (non-hydrogen) atoms. The van der Waals surface area contributed by atoms with Crippen LogP contribution >= 0.6 is 0 Å². The molecule has 0 unspecified atom stereocenters. The Balaban J connectivity index is 1.12. The lowest BCUT2D eigenvalue weighted by atomic mass is 9.96. The molecule has 0 amide bonds. The highest BCUT2D eigenvalue weighted by Crippen LogP contribution is 2.42. The van der Waals surface area contributed by atoms with Gasteiger partial charge in [0.2, 0.25) is 0 Å². The van der Waals surface area contributed by atoms with E-state index < -0.39 is 0 Å². The molecule has 0 aliphatic carbocycles. The number of benzene rings is 9.